The van der Waals surface area contributed by atoms with E-state index < -0.39 is 0 Å². The number of thioether (sulfide) groups is 2. The molecule has 0 bridgehead atoms. The topological polar surface area (TPSA) is 17.1 Å². The van der Waals surface area contributed by atoms with E-state index in [0.29, 0.717) is 5.75 Å². The van der Waals surface area contributed by atoms with Gasteiger partial charge in [0.05, 0.1) is 5.75 Å². The maximum Gasteiger partial charge on any atom is 0.209 e. The number of hydrogen-bond acceptors (Lipinski definition) is 3. The molecule has 0 unspecified atom stereocenters. The molecule has 8 heavy (non-hydrogen) atoms. The molecule has 0 saturated carbocycles. The summed E-state index contributed by atoms with van der Waals surface area (Å²) in [5, 5.41) is 0. The minimum absolute atomic E-state index is 0.528. The van der Waals surface area contributed by atoms with Gasteiger partial charge in [0.15, 0.2) is 0 Å². The highest BCUT2D eigenvalue weighted by molar-refractivity contribution is 8.02. The zero-order valence-electron chi connectivity index (χ0n) is 4.85. The van der Waals surface area contributed by atoms with Crippen LogP contribution in [0.4, 0.5) is 0 Å². The fourth-order valence-electron chi connectivity index (χ4n) is 0.256. The van der Waals surface area contributed by atoms with Gasteiger partial charge in [-0.05, 0) is 6.26 Å². The third-order valence-corrected chi connectivity index (χ3v) is 2.28. The van der Waals surface area contributed by atoms with E-state index in [0.717, 1.165) is 11.5 Å². The smallest absolute Gasteiger partial charge is 0.209 e. The van der Waals surface area contributed by atoms with Gasteiger partial charge in [0.25, 0.3) is 0 Å². The highest BCUT2D eigenvalue weighted by atomic mass is 32.2. The molecule has 1 nitrogen and oxygen atoms in total. The lowest BCUT2D eigenvalue weighted by Crippen LogP contribution is -1.85. The second-order valence-corrected chi connectivity index (χ2v) is 3.28. The highest BCUT2D eigenvalue weighted by Gasteiger charge is 1.84. The first kappa shape index (κ1) is 8.37. The molecular formula is C5H9OS2. The minimum atomic E-state index is 0.528. The summed E-state index contributed by atoms with van der Waals surface area (Å²) in [5.41, 5.74) is 0. The Labute approximate surface area is 58.6 Å². The molecule has 0 N–H and O–H groups in total. The Morgan fingerprint density at radius 1 is 1.50 bits per heavy atom. The first-order chi connectivity index (χ1) is 3.91. The van der Waals surface area contributed by atoms with Gasteiger partial charge in [0, 0.05) is 11.5 Å². The van der Waals surface area contributed by atoms with Crippen molar-refractivity contribution in [3.63, 3.8) is 0 Å². The molecule has 47 valence electrons. The minimum Gasteiger partial charge on any atom is -0.290 e. The van der Waals surface area contributed by atoms with E-state index in [-0.39, 0.29) is 0 Å². The molecule has 0 aliphatic rings. The van der Waals surface area contributed by atoms with E-state index in [4.69, 9.17) is 0 Å². The van der Waals surface area contributed by atoms with Gasteiger partial charge < -0.3 is 0 Å². The quantitative estimate of drug-likeness (QED) is 0.547. The largest absolute Gasteiger partial charge is 0.290 e. The molecule has 1 radical (unpaired) electrons. The third kappa shape index (κ3) is 6.37. The summed E-state index contributed by atoms with van der Waals surface area (Å²) in [5.74, 6) is 2.73. The van der Waals surface area contributed by atoms with Crippen LogP contribution in [0.2, 0.25) is 0 Å². The van der Waals surface area contributed by atoms with E-state index in [2.05, 4.69) is 6.26 Å². The molecule has 0 aliphatic carbocycles. The van der Waals surface area contributed by atoms with E-state index >= 15 is 0 Å². The lowest BCUT2D eigenvalue weighted by atomic mass is 10.9. The van der Waals surface area contributed by atoms with Crippen LogP contribution in [-0.4, -0.2) is 29.8 Å². The van der Waals surface area contributed by atoms with Crippen LogP contribution in [0.25, 0.3) is 0 Å². The summed E-state index contributed by atoms with van der Waals surface area (Å²) in [6, 6.07) is 0. The Balaban J connectivity index is 2.62. The lowest BCUT2D eigenvalue weighted by molar-refractivity contribution is 0.560. The van der Waals surface area contributed by atoms with E-state index in [1.165, 1.54) is 0 Å². The zero-order chi connectivity index (χ0) is 6.24. The van der Waals surface area contributed by atoms with Crippen molar-refractivity contribution in [2.75, 3.05) is 23.5 Å². The van der Waals surface area contributed by atoms with Crippen molar-refractivity contribution < 1.29 is 4.79 Å². The van der Waals surface area contributed by atoms with Gasteiger partial charge in [0.1, 0.15) is 0 Å². The molecule has 0 amide bonds. The normalized spacial score (nSPS) is 9.12. The highest BCUT2D eigenvalue weighted by Crippen LogP contribution is 2.01. The average Bonchev–Trinajstić information content (AvgIpc) is 1.81. The second-order valence-electron chi connectivity index (χ2n) is 1.19. The van der Waals surface area contributed by atoms with Crippen LogP contribution >= 0.6 is 23.5 Å². The van der Waals surface area contributed by atoms with Crippen molar-refractivity contribution in [1.29, 1.82) is 0 Å². The maximum absolute atomic E-state index is 9.62. The summed E-state index contributed by atoms with van der Waals surface area (Å²) in [7, 11) is 0. The van der Waals surface area contributed by atoms with Crippen LogP contribution in [0.1, 0.15) is 0 Å². The Kier molecular flexibility index (Phi) is 7.71. The number of hydrogen-bond donors (Lipinski definition) is 0. The molecule has 0 rings (SSSR count). The van der Waals surface area contributed by atoms with Crippen molar-refractivity contribution in [1.82, 2.24) is 0 Å². The Bertz CT molecular complexity index is 56.4. The van der Waals surface area contributed by atoms with Crippen LogP contribution in [0.5, 0.6) is 0 Å². The lowest BCUT2D eigenvalue weighted by Gasteiger charge is -1.90. The van der Waals surface area contributed by atoms with Gasteiger partial charge in [0.2, 0.25) is 6.29 Å². The molecule has 3 heteroatoms. The van der Waals surface area contributed by atoms with Crippen molar-refractivity contribution >= 4 is 29.8 Å². The van der Waals surface area contributed by atoms with Crippen molar-refractivity contribution in [2.45, 2.75) is 0 Å². The fourth-order valence-corrected chi connectivity index (χ4v) is 1.62. The van der Waals surface area contributed by atoms with Gasteiger partial charge in [-0.25, -0.2) is 0 Å². The molecule has 0 spiro atoms. The predicted molar refractivity (Wildman–Crippen MR) is 41.4 cm³/mol. The molecule has 0 aliphatic heterocycles. The van der Waals surface area contributed by atoms with Crippen LogP contribution < -0.4 is 0 Å². The van der Waals surface area contributed by atoms with Crippen molar-refractivity contribution in [2.24, 2.45) is 0 Å². The third-order valence-electron chi connectivity index (χ3n) is 0.593. The Hall–Kier alpha value is 0.370. The van der Waals surface area contributed by atoms with Gasteiger partial charge in [-0.15, -0.1) is 0 Å². The second kappa shape index (κ2) is 7.37. The van der Waals surface area contributed by atoms with E-state index in [1.807, 2.05) is 6.29 Å². The SMILES string of the molecule is CSCCSC[C]=O. The van der Waals surface area contributed by atoms with E-state index in [9.17, 15) is 4.79 Å². The summed E-state index contributed by atoms with van der Waals surface area (Å²) < 4.78 is 0. The number of carbonyl (C=O) groups excluding carboxylic acids is 1. The Morgan fingerprint density at radius 2 is 2.25 bits per heavy atom. The summed E-state index contributed by atoms with van der Waals surface area (Å²) >= 11 is 3.43. The predicted octanol–water partition coefficient (Wildman–Crippen LogP) is 1.19. The molecule has 0 aromatic carbocycles. The first-order valence-corrected chi connectivity index (χ1v) is 4.88. The van der Waals surface area contributed by atoms with E-state index in [1.54, 1.807) is 23.5 Å². The van der Waals surface area contributed by atoms with Crippen molar-refractivity contribution in [3.05, 3.63) is 0 Å². The molecule has 0 saturated heterocycles. The van der Waals surface area contributed by atoms with Gasteiger partial charge in [-0.2, -0.15) is 23.5 Å². The first-order valence-electron chi connectivity index (χ1n) is 2.33. The molecule has 0 fully saturated rings. The summed E-state index contributed by atoms with van der Waals surface area (Å²) in [4.78, 5) is 9.62. The van der Waals surface area contributed by atoms with Gasteiger partial charge >= 0.3 is 0 Å². The molecule has 0 heterocycles. The van der Waals surface area contributed by atoms with Gasteiger partial charge in [-0.1, -0.05) is 0 Å². The van der Waals surface area contributed by atoms with Crippen LogP contribution in [0.3, 0.4) is 0 Å². The summed E-state index contributed by atoms with van der Waals surface area (Å²) in [6.07, 6.45) is 3.89. The summed E-state index contributed by atoms with van der Waals surface area (Å²) in [6.45, 7) is 0. The van der Waals surface area contributed by atoms with Crippen LogP contribution in [0.15, 0.2) is 0 Å². The molecular weight excluding hydrogens is 140 g/mol. The molecule has 0 aromatic rings. The molecule has 0 atom stereocenters. The average molecular weight is 149 g/mol. The molecule has 0 aromatic heterocycles. The van der Waals surface area contributed by atoms with Crippen molar-refractivity contribution in [3.8, 4) is 0 Å². The monoisotopic (exact) mass is 149 g/mol. The van der Waals surface area contributed by atoms with Crippen LogP contribution in [-0.2, 0) is 4.79 Å². The number of rotatable bonds is 5. The standard InChI is InChI=1S/C5H9OS2/c1-7-4-5-8-3-2-6/h3-5H2,1H3. The maximum atomic E-state index is 9.62. The zero-order valence-corrected chi connectivity index (χ0v) is 6.48. The fraction of sp³-hybridized carbons (Fsp3) is 0.800. The van der Waals surface area contributed by atoms with Crippen LogP contribution in [0, 0.1) is 0 Å². The Morgan fingerprint density at radius 3 is 2.75 bits per heavy atom. The van der Waals surface area contributed by atoms with Gasteiger partial charge in [-0.3, -0.25) is 4.79 Å².